The van der Waals surface area contributed by atoms with Crippen molar-refractivity contribution in [3.63, 3.8) is 0 Å². The molecule has 3 nitrogen and oxygen atoms in total. The summed E-state index contributed by atoms with van der Waals surface area (Å²) in [6.45, 7) is 5.98. The van der Waals surface area contributed by atoms with Gasteiger partial charge in [0.15, 0.2) is 5.82 Å². The molecule has 6 rings (SSSR count). The molecule has 1 aliphatic heterocycles. The number of hydrogen-bond donors (Lipinski definition) is 0. The molecule has 162 valence electrons. The predicted molar refractivity (Wildman–Crippen MR) is 128 cm³/mol. The van der Waals surface area contributed by atoms with Gasteiger partial charge < -0.3 is 9.47 Å². The third kappa shape index (κ3) is 3.12. The zero-order chi connectivity index (χ0) is 21.8. The predicted octanol–water partition coefficient (Wildman–Crippen LogP) is 6.35. The highest BCUT2D eigenvalue weighted by molar-refractivity contribution is 5.94. The van der Waals surface area contributed by atoms with Crippen molar-refractivity contribution < 1.29 is 4.39 Å². The molecule has 1 atom stereocenters. The van der Waals surface area contributed by atoms with Crippen LogP contribution in [0.4, 0.5) is 10.2 Å². The molecule has 1 fully saturated rings. The van der Waals surface area contributed by atoms with E-state index in [1.807, 2.05) is 12.3 Å². The number of fused-ring (bicyclic) bond motifs is 2. The first kappa shape index (κ1) is 19.5. The Labute approximate surface area is 188 Å². The van der Waals surface area contributed by atoms with Crippen LogP contribution in [0.25, 0.3) is 10.9 Å². The highest BCUT2D eigenvalue weighted by Gasteiger charge is 2.40. The molecule has 3 heterocycles. The van der Waals surface area contributed by atoms with E-state index < -0.39 is 0 Å². The minimum atomic E-state index is -0.187. The van der Waals surface area contributed by atoms with Gasteiger partial charge in [0.25, 0.3) is 0 Å². The van der Waals surface area contributed by atoms with E-state index in [1.54, 1.807) is 12.1 Å². The summed E-state index contributed by atoms with van der Waals surface area (Å²) < 4.78 is 16.3. The van der Waals surface area contributed by atoms with Gasteiger partial charge in [-0.25, -0.2) is 9.37 Å². The van der Waals surface area contributed by atoms with Gasteiger partial charge >= 0.3 is 0 Å². The molecule has 2 aromatic carbocycles. The number of rotatable bonds is 4. The van der Waals surface area contributed by atoms with Crippen molar-refractivity contribution in [2.45, 2.75) is 45.7 Å². The van der Waals surface area contributed by atoms with Gasteiger partial charge in [0.1, 0.15) is 5.82 Å². The van der Waals surface area contributed by atoms with Crippen LogP contribution in [0.3, 0.4) is 0 Å². The van der Waals surface area contributed by atoms with E-state index in [2.05, 4.69) is 53.6 Å². The number of halogens is 1. The van der Waals surface area contributed by atoms with Crippen molar-refractivity contribution in [3.05, 3.63) is 94.6 Å². The van der Waals surface area contributed by atoms with Crippen LogP contribution in [0.15, 0.2) is 60.8 Å². The normalized spacial score (nSPS) is 18.2. The van der Waals surface area contributed by atoms with Crippen LogP contribution < -0.4 is 4.90 Å². The van der Waals surface area contributed by atoms with Crippen molar-refractivity contribution in [2.75, 3.05) is 11.4 Å². The van der Waals surface area contributed by atoms with Crippen LogP contribution in [-0.2, 0) is 13.0 Å². The lowest BCUT2D eigenvalue weighted by molar-refractivity contribution is 0.523. The third-order valence-corrected chi connectivity index (χ3v) is 7.43. The lowest BCUT2D eigenvalue weighted by Gasteiger charge is -2.39. The summed E-state index contributed by atoms with van der Waals surface area (Å²) in [7, 11) is 0. The molecule has 0 N–H and O–H groups in total. The van der Waals surface area contributed by atoms with Gasteiger partial charge in [-0.05, 0) is 79.5 Å². The van der Waals surface area contributed by atoms with Crippen LogP contribution in [0, 0.1) is 25.6 Å². The van der Waals surface area contributed by atoms with E-state index in [0.717, 1.165) is 24.3 Å². The van der Waals surface area contributed by atoms with E-state index in [0.29, 0.717) is 18.5 Å². The van der Waals surface area contributed by atoms with Gasteiger partial charge in [-0.15, -0.1) is 0 Å². The first-order valence-corrected chi connectivity index (χ1v) is 11.6. The van der Waals surface area contributed by atoms with Crippen LogP contribution in [0.1, 0.15) is 46.8 Å². The Hall–Kier alpha value is -3.14. The zero-order valence-electron chi connectivity index (χ0n) is 18.7. The van der Waals surface area contributed by atoms with Crippen LogP contribution in [-0.4, -0.2) is 16.1 Å². The lowest BCUT2D eigenvalue weighted by Crippen LogP contribution is -2.37. The Balaban J connectivity index is 1.52. The summed E-state index contributed by atoms with van der Waals surface area (Å²) in [6.07, 6.45) is 5.57. The Morgan fingerprint density at radius 2 is 1.88 bits per heavy atom. The minimum Gasteiger partial charge on any atom is -0.347 e. The number of benzene rings is 2. The summed E-state index contributed by atoms with van der Waals surface area (Å²) in [5, 5.41) is 1.25. The number of anilines is 1. The first-order valence-electron chi connectivity index (χ1n) is 11.6. The van der Waals surface area contributed by atoms with Crippen LogP contribution in [0.2, 0.25) is 0 Å². The molecule has 1 saturated carbocycles. The topological polar surface area (TPSA) is 21.1 Å². The Morgan fingerprint density at radius 1 is 1.03 bits per heavy atom. The first-order chi connectivity index (χ1) is 15.6. The fourth-order valence-corrected chi connectivity index (χ4v) is 5.56. The van der Waals surface area contributed by atoms with Gasteiger partial charge in [-0.1, -0.05) is 36.4 Å². The quantitative estimate of drug-likeness (QED) is 0.380. The van der Waals surface area contributed by atoms with Crippen LogP contribution in [0.5, 0.6) is 0 Å². The third-order valence-electron chi connectivity index (χ3n) is 7.43. The zero-order valence-corrected chi connectivity index (χ0v) is 18.7. The van der Waals surface area contributed by atoms with Gasteiger partial charge in [-0.3, -0.25) is 0 Å². The van der Waals surface area contributed by atoms with Gasteiger partial charge in [0, 0.05) is 30.4 Å². The Bertz CT molecular complexity index is 1320. The van der Waals surface area contributed by atoms with E-state index in [4.69, 9.17) is 4.98 Å². The molecule has 2 aromatic heterocycles. The van der Waals surface area contributed by atoms with E-state index in [1.165, 1.54) is 52.2 Å². The van der Waals surface area contributed by atoms with Crippen molar-refractivity contribution in [1.29, 1.82) is 0 Å². The van der Waals surface area contributed by atoms with Crippen molar-refractivity contribution >= 4 is 16.7 Å². The molecule has 0 amide bonds. The molecule has 0 spiro atoms. The SMILES string of the molecule is Cc1c(C)n(Cc2cccc(F)c2)c2c(N3CCc4ccccc4C3C3CC3)nccc12. The van der Waals surface area contributed by atoms with Crippen molar-refractivity contribution in [2.24, 2.45) is 5.92 Å². The maximum Gasteiger partial charge on any atom is 0.153 e. The monoisotopic (exact) mass is 425 g/mol. The molecule has 4 aromatic rings. The Morgan fingerprint density at radius 3 is 2.69 bits per heavy atom. The summed E-state index contributed by atoms with van der Waals surface area (Å²) in [4.78, 5) is 7.53. The summed E-state index contributed by atoms with van der Waals surface area (Å²) in [5.74, 6) is 1.58. The second kappa shape index (κ2) is 7.47. The Kier molecular flexibility index (Phi) is 4.56. The lowest BCUT2D eigenvalue weighted by atomic mass is 9.89. The smallest absolute Gasteiger partial charge is 0.153 e. The average molecular weight is 426 g/mol. The highest BCUT2D eigenvalue weighted by Crippen LogP contribution is 2.49. The molecular weight excluding hydrogens is 397 g/mol. The van der Waals surface area contributed by atoms with E-state index >= 15 is 0 Å². The van der Waals surface area contributed by atoms with Crippen molar-refractivity contribution in [1.82, 2.24) is 9.55 Å². The average Bonchev–Trinajstić information content (AvgIpc) is 3.62. The largest absolute Gasteiger partial charge is 0.347 e. The fraction of sp³-hybridized carbons (Fsp3) is 0.321. The summed E-state index contributed by atoms with van der Waals surface area (Å²) >= 11 is 0. The summed E-state index contributed by atoms with van der Waals surface area (Å²) in [6, 6.07) is 18.4. The van der Waals surface area contributed by atoms with Crippen molar-refractivity contribution in [3.8, 4) is 0 Å². The van der Waals surface area contributed by atoms with Crippen LogP contribution >= 0.6 is 0 Å². The van der Waals surface area contributed by atoms with Gasteiger partial charge in [0.05, 0.1) is 11.6 Å². The fourth-order valence-electron chi connectivity index (χ4n) is 5.56. The molecule has 1 aliphatic carbocycles. The summed E-state index contributed by atoms with van der Waals surface area (Å²) in [5.41, 5.74) is 7.60. The molecule has 0 radical (unpaired) electrons. The molecule has 4 heteroatoms. The minimum absolute atomic E-state index is 0.187. The number of aromatic nitrogens is 2. The molecule has 0 bridgehead atoms. The molecule has 1 unspecified atom stereocenters. The number of aryl methyl sites for hydroxylation is 1. The van der Waals surface area contributed by atoms with E-state index in [9.17, 15) is 4.39 Å². The van der Waals surface area contributed by atoms with E-state index in [-0.39, 0.29) is 5.82 Å². The molecular formula is C28H28FN3. The number of hydrogen-bond acceptors (Lipinski definition) is 2. The maximum absolute atomic E-state index is 13.9. The second-order valence-corrected chi connectivity index (χ2v) is 9.38. The highest BCUT2D eigenvalue weighted by atomic mass is 19.1. The van der Waals surface area contributed by atoms with Gasteiger partial charge in [0.2, 0.25) is 0 Å². The standard InChI is InChI=1S/C28H28FN3/c1-18-19(2)32(17-20-6-5-8-23(29)16-20)27-24(18)12-14-30-28(27)31-15-13-21-7-3-4-9-25(21)26(31)22-10-11-22/h3-9,12,14,16,22,26H,10-11,13,15,17H2,1-2H3. The molecule has 2 aliphatic rings. The van der Waals surface area contributed by atoms with Gasteiger partial charge in [-0.2, -0.15) is 0 Å². The maximum atomic E-state index is 13.9. The second-order valence-electron chi connectivity index (χ2n) is 9.38. The molecule has 32 heavy (non-hydrogen) atoms. The molecule has 0 saturated heterocycles. The number of nitrogens with zero attached hydrogens (tertiary/aromatic N) is 3. The number of pyridine rings is 1.